The third kappa shape index (κ3) is 3.80. The number of aliphatic hydroxyl groups is 1. The highest BCUT2D eigenvalue weighted by molar-refractivity contribution is 5.98. The zero-order valence-electron chi connectivity index (χ0n) is 13.8. The molecular formula is C19H18FN3O2. The minimum atomic E-state index is -0.364. The number of aliphatic hydroxyl groups excluding tert-OH is 1. The van der Waals surface area contributed by atoms with E-state index in [2.05, 4.69) is 9.97 Å². The van der Waals surface area contributed by atoms with Crippen molar-refractivity contribution in [2.45, 2.75) is 13.5 Å². The lowest BCUT2D eigenvalue weighted by Crippen LogP contribution is -2.33. The van der Waals surface area contributed by atoms with Gasteiger partial charge in [-0.2, -0.15) is 0 Å². The molecule has 25 heavy (non-hydrogen) atoms. The highest BCUT2D eigenvalue weighted by Gasteiger charge is 2.19. The number of hydrogen-bond donors (Lipinski definition) is 1. The molecule has 0 saturated heterocycles. The van der Waals surface area contributed by atoms with Crippen LogP contribution >= 0.6 is 0 Å². The first-order valence-electron chi connectivity index (χ1n) is 7.94. The van der Waals surface area contributed by atoms with Crippen LogP contribution < -0.4 is 0 Å². The maximum Gasteiger partial charge on any atom is 0.256 e. The van der Waals surface area contributed by atoms with E-state index in [-0.39, 0.29) is 24.9 Å². The second-order valence-electron chi connectivity index (χ2n) is 5.77. The molecule has 6 heteroatoms. The van der Waals surface area contributed by atoms with Crippen LogP contribution in [0.2, 0.25) is 0 Å². The molecule has 3 aromatic rings. The summed E-state index contributed by atoms with van der Waals surface area (Å²) in [7, 11) is 0. The lowest BCUT2D eigenvalue weighted by Gasteiger charge is -2.22. The molecule has 2 aromatic heterocycles. The van der Waals surface area contributed by atoms with Crippen LogP contribution in [0, 0.1) is 12.7 Å². The molecule has 0 aliphatic heterocycles. The van der Waals surface area contributed by atoms with Crippen LogP contribution in [0.4, 0.5) is 4.39 Å². The van der Waals surface area contributed by atoms with Crippen molar-refractivity contribution in [3.8, 4) is 0 Å². The standard InChI is InChI=1S/C19H18FN3O2/c1-13-17(9-15-4-5-16(20)10-18(15)22-13)19(25)23(7-8-24)12-14-3-2-6-21-11-14/h2-6,9-11,24H,7-8,12H2,1H3. The van der Waals surface area contributed by atoms with Gasteiger partial charge in [0.05, 0.1) is 23.4 Å². The lowest BCUT2D eigenvalue weighted by atomic mass is 10.1. The van der Waals surface area contributed by atoms with Gasteiger partial charge < -0.3 is 10.0 Å². The molecule has 0 bridgehead atoms. The van der Waals surface area contributed by atoms with Crippen molar-refractivity contribution in [3.05, 3.63) is 71.4 Å². The summed E-state index contributed by atoms with van der Waals surface area (Å²) in [6.07, 6.45) is 3.35. The number of aryl methyl sites for hydroxylation is 1. The largest absolute Gasteiger partial charge is 0.395 e. The predicted molar refractivity (Wildman–Crippen MR) is 92.5 cm³/mol. The molecule has 0 atom stereocenters. The lowest BCUT2D eigenvalue weighted by molar-refractivity contribution is 0.0706. The normalized spacial score (nSPS) is 10.8. The molecule has 0 fully saturated rings. The average Bonchev–Trinajstić information content (AvgIpc) is 2.61. The molecule has 128 valence electrons. The molecule has 2 heterocycles. The SMILES string of the molecule is Cc1nc2cc(F)ccc2cc1C(=O)N(CCO)Cc1cccnc1. The minimum Gasteiger partial charge on any atom is -0.395 e. The Balaban J connectivity index is 1.94. The summed E-state index contributed by atoms with van der Waals surface area (Å²) in [4.78, 5) is 22.9. The van der Waals surface area contributed by atoms with E-state index >= 15 is 0 Å². The van der Waals surface area contributed by atoms with Crippen molar-refractivity contribution < 1.29 is 14.3 Å². The van der Waals surface area contributed by atoms with E-state index in [0.29, 0.717) is 28.7 Å². The fraction of sp³-hybridized carbons (Fsp3) is 0.211. The van der Waals surface area contributed by atoms with Crippen LogP contribution in [-0.2, 0) is 6.54 Å². The van der Waals surface area contributed by atoms with Gasteiger partial charge in [-0.15, -0.1) is 0 Å². The van der Waals surface area contributed by atoms with Gasteiger partial charge >= 0.3 is 0 Å². The van der Waals surface area contributed by atoms with Crippen LogP contribution in [-0.4, -0.2) is 39.0 Å². The van der Waals surface area contributed by atoms with Crippen molar-refractivity contribution in [1.82, 2.24) is 14.9 Å². The predicted octanol–water partition coefficient (Wildman–Crippen LogP) is 2.71. The van der Waals surface area contributed by atoms with Gasteiger partial charge in [0.25, 0.3) is 5.91 Å². The fourth-order valence-corrected chi connectivity index (χ4v) is 2.71. The van der Waals surface area contributed by atoms with Crippen molar-refractivity contribution >= 4 is 16.8 Å². The van der Waals surface area contributed by atoms with Crippen molar-refractivity contribution in [2.75, 3.05) is 13.2 Å². The van der Waals surface area contributed by atoms with Gasteiger partial charge in [-0.05, 0) is 36.8 Å². The van der Waals surface area contributed by atoms with Crippen LogP contribution in [0.3, 0.4) is 0 Å². The molecule has 0 aliphatic carbocycles. The monoisotopic (exact) mass is 339 g/mol. The number of nitrogens with zero attached hydrogens (tertiary/aromatic N) is 3. The van der Waals surface area contributed by atoms with Crippen LogP contribution in [0.5, 0.6) is 0 Å². The first kappa shape index (κ1) is 17.0. The van der Waals surface area contributed by atoms with Gasteiger partial charge in [-0.1, -0.05) is 6.07 Å². The Morgan fingerprint density at radius 3 is 2.84 bits per heavy atom. The maximum absolute atomic E-state index is 13.3. The Morgan fingerprint density at radius 1 is 1.28 bits per heavy atom. The number of carbonyl (C=O) groups excluding carboxylic acids is 1. The van der Waals surface area contributed by atoms with Crippen molar-refractivity contribution in [2.24, 2.45) is 0 Å². The number of hydrogen-bond acceptors (Lipinski definition) is 4. The van der Waals surface area contributed by atoms with E-state index in [4.69, 9.17) is 0 Å². The summed E-state index contributed by atoms with van der Waals surface area (Å²) in [5, 5.41) is 10.0. The molecule has 0 spiro atoms. The second kappa shape index (κ2) is 7.36. The number of halogens is 1. The number of pyridine rings is 2. The van der Waals surface area contributed by atoms with Gasteiger partial charge in [0, 0.05) is 36.9 Å². The Bertz CT molecular complexity index is 900. The molecule has 1 aromatic carbocycles. The van der Waals surface area contributed by atoms with Crippen LogP contribution in [0.25, 0.3) is 10.9 Å². The van der Waals surface area contributed by atoms with E-state index in [1.807, 2.05) is 6.07 Å². The maximum atomic E-state index is 13.3. The quantitative estimate of drug-likeness (QED) is 0.776. The van der Waals surface area contributed by atoms with Gasteiger partial charge in [0.1, 0.15) is 5.82 Å². The molecule has 0 radical (unpaired) electrons. The summed E-state index contributed by atoms with van der Waals surface area (Å²) >= 11 is 0. The Labute approximate surface area is 144 Å². The third-order valence-electron chi connectivity index (χ3n) is 3.95. The van der Waals surface area contributed by atoms with E-state index in [1.54, 1.807) is 42.4 Å². The summed E-state index contributed by atoms with van der Waals surface area (Å²) in [5.41, 5.74) is 2.35. The highest BCUT2D eigenvalue weighted by atomic mass is 19.1. The first-order chi connectivity index (χ1) is 12.1. The first-order valence-corrected chi connectivity index (χ1v) is 7.94. The zero-order chi connectivity index (χ0) is 17.8. The number of rotatable bonds is 5. The van der Waals surface area contributed by atoms with E-state index in [1.165, 1.54) is 12.1 Å². The average molecular weight is 339 g/mol. The number of aromatic nitrogens is 2. The number of carbonyl (C=O) groups is 1. The zero-order valence-corrected chi connectivity index (χ0v) is 13.8. The Morgan fingerprint density at radius 2 is 2.12 bits per heavy atom. The molecule has 1 amide bonds. The Hall–Kier alpha value is -2.86. The van der Waals surface area contributed by atoms with Crippen molar-refractivity contribution in [3.63, 3.8) is 0 Å². The molecule has 0 aliphatic rings. The summed E-state index contributed by atoms with van der Waals surface area (Å²) < 4.78 is 13.3. The number of benzene rings is 1. The third-order valence-corrected chi connectivity index (χ3v) is 3.95. The van der Waals surface area contributed by atoms with E-state index in [9.17, 15) is 14.3 Å². The van der Waals surface area contributed by atoms with Gasteiger partial charge in [-0.25, -0.2) is 4.39 Å². The van der Waals surface area contributed by atoms with Gasteiger partial charge in [-0.3, -0.25) is 14.8 Å². The highest BCUT2D eigenvalue weighted by Crippen LogP contribution is 2.20. The topological polar surface area (TPSA) is 66.3 Å². The van der Waals surface area contributed by atoms with Gasteiger partial charge in [0.2, 0.25) is 0 Å². The number of fused-ring (bicyclic) bond motifs is 1. The summed E-state index contributed by atoms with van der Waals surface area (Å²) in [6, 6.07) is 9.68. The molecule has 5 nitrogen and oxygen atoms in total. The molecular weight excluding hydrogens is 321 g/mol. The van der Waals surface area contributed by atoms with Gasteiger partial charge in [0.15, 0.2) is 0 Å². The Kier molecular flexibility index (Phi) is 5.00. The molecule has 3 rings (SSSR count). The molecule has 0 saturated carbocycles. The van der Waals surface area contributed by atoms with Crippen LogP contribution in [0.15, 0.2) is 48.8 Å². The molecule has 1 N–H and O–H groups in total. The summed E-state index contributed by atoms with van der Waals surface area (Å²) in [6.45, 7) is 2.12. The minimum absolute atomic E-state index is 0.142. The van der Waals surface area contributed by atoms with E-state index < -0.39 is 0 Å². The molecule has 0 unspecified atom stereocenters. The fourth-order valence-electron chi connectivity index (χ4n) is 2.71. The van der Waals surface area contributed by atoms with Crippen molar-refractivity contribution in [1.29, 1.82) is 0 Å². The smallest absolute Gasteiger partial charge is 0.256 e. The number of amides is 1. The van der Waals surface area contributed by atoms with E-state index in [0.717, 1.165) is 5.56 Å². The van der Waals surface area contributed by atoms with Crippen LogP contribution in [0.1, 0.15) is 21.6 Å². The second-order valence-corrected chi connectivity index (χ2v) is 5.77. The summed E-state index contributed by atoms with van der Waals surface area (Å²) in [5.74, 6) is -0.592.